The van der Waals surface area contributed by atoms with E-state index in [9.17, 15) is 4.79 Å². The quantitative estimate of drug-likeness (QED) is 0.803. The lowest BCUT2D eigenvalue weighted by molar-refractivity contribution is -0.138. The molecule has 0 radical (unpaired) electrons. The minimum Gasteiger partial charge on any atom is -0.490 e. The van der Waals surface area contributed by atoms with Gasteiger partial charge in [0.25, 0.3) is 0 Å². The lowest BCUT2D eigenvalue weighted by Gasteiger charge is -2.17. The number of rotatable bonds is 7. The average Bonchev–Trinajstić information content (AvgIpc) is 2.96. The normalized spacial score (nSPS) is 21.1. The number of ether oxygens (including phenoxy) is 2. The molecular formula is C16H23NO4S. The summed E-state index contributed by atoms with van der Waals surface area (Å²) in [5.74, 6) is 1.64. The van der Waals surface area contributed by atoms with Gasteiger partial charge in [0.2, 0.25) is 0 Å². The van der Waals surface area contributed by atoms with E-state index >= 15 is 0 Å². The van der Waals surface area contributed by atoms with Crippen LogP contribution in [0.25, 0.3) is 0 Å². The van der Waals surface area contributed by atoms with Crippen molar-refractivity contribution >= 4 is 17.7 Å². The second-order valence-electron chi connectivity index (χ2n) is 5.61. The Balaban J connectivity index is 2.13. The third kappa shape index (κ3) is 4.30. The molecule has 5 nitrogen and oxygen atoms in total. The standard InChI is InChI=1S/C16H23NO4S/c1-4-20-14-7-11(5-6-13(14)21-8-10(2)3)15-17-12(9-22-15)16(18)19/h5-7,10,12,15,17H,4,8-9H2,1-3H3,(H,18,19)/t12-,15+/m0/s1. The first-order valence-electron chi connectivity index (χ1n) is 7.51. The van der Waals surface area contributed by atoms with Gasteiger partial charge in [-0.25, -0.2) is 0 Å². The van der Waals surface area contributed by atoms with Crippen molar-refractivity contribution in [2.24, 2.45) is 5.92 Å². The molecular weight excluding hydrogens is 302 g/mol. The van der Waals surface area contributed by atoms with Gasteiger partial charge < -0.3 is 14.6 Å². The molecule has 0 spiro atoms. The number of hydrogen-bond donors (Lipinski definition) is 2. The molecule has 2 rings (SSSR count). The zero-order valence-electron chi connectivity index (χ0n) is 13.2. The summed E-state index contributed by atoms with van der Waals surface area (Å²) in [5.41, 5.74) is 1.01. The summed E-state index contributed by atoms with van der Waals surface area (Å²) in [6.45, 7) is 7.32. The van der Waals surface area contributed by atoms with Gasteiger partial charge in [-0.1, -0.05) is 19.9 Å². The van der Waals surface area contributed by atoms with Crippen molar-refractivity contribution in [3.05, 3.63) is 23.8 Å². The van der Waals surface area contributed by atoms with Crippen LogP contribution in [0.3, 0.4) is 0 Å². The molecule has 1 aromatic carbocycles. The van der Waals surface area contributed by atoms with Crippen LogP contribution in [0.1, 0.15) is 31.7 Å². The molecule has 122 valence electrons. The van der Waals surface area contributed by atoms with Crippen LogP contribution >= 0.6 is 11.8 Å². The zero-order valence-corrected chi connectivity index (χ0v) is 14.0. The van der Waals surface area contributed by atoms with Crippen molar-refractivity contribution in [1.82, 2.24) is 5.32 Å². The van der Waals surface area contributed by atoms with Gasteiger partial charge >= 0.3 is 5.97 Å². The van der Waals surface area contributed by atoms with E-state index in [2.05, 4.69) is 19.2 Å². The fourth-order valence-corrected chi connectivity index (χ4v) is 3.36. The number of hydrogen-bond acceptors (Lipinski definition) is 5. The third-order valence-electron chi connectivity index (χ3n) is 3.22. The van der Waals surface area contributed by atoms with Crippen molar-refractivity contribution in [3.63, 3.8) is 0 Å². The van der Waals surface area contributed by atoms with Crippen molar-refractivity contribution in [2.45, 2.75) is 32.2 Å². The average molecular weight is 325 g/mol. The number of thioether (sulfide) groups is 1. The van der Waals surface area contributed by atoms with Crippen LogP contribution < -0.4 is 14.8 Å². The minimum atomic E-state index is -0.808. The highest BCUT2D eigenvalue weighted by atomic mass is 32.2. The van der Waals surface area contributed by atoms with Gasteiger partial charge in [0.15, 0.2) is 11.5 Å². The Labute approximate surface area is 135 Å². The number of carboxylic acid groups (broad SMARTS) is 1. The molecule has 1 saturated heterocycles. The van der Waals surface area contributed by atoms with Crippen LogP contribution in [-0.4, -0.2) is 36.1 Å². The highest BCUT2D eigenvalue weighted by Crippen LogP contribution is 2.37. The monoisotopic (exact) mass is 325 g/mol. The van der Waals surface area contributed by atoms with Crippen LogP contribution in [0.4, 0.5) is 0 Å². The number of carboxylic acids is 1. The molecule has 0 unspecified atom stereocenters. The molecule has 22 heavy (non-hydrogen) atoms. The number of carbonyl (C=O) groups is 1. The van der Waals surface area contributed by atoms with Crippen molar-refractivity contribution in [3.8, 4) is 11.5 Å². The van der Waals surface area contributed by atoms with Gasteiger partial charge in [0, 0.05) is 5.75 Å². The molecule has 1 aliphatic heterocycles. The number of benzene rings is 1. The minimum absolute atomic E-state index is 0.0283. The Morgan fingerprint density at radius 2 is 2.18 bits per heavy atom. The molecule has 0 aliphatic carbocycles. The molecule has 1 heterocycles. The molecule has 0 saturated carbocycles. The van der Waals surface area contributed by atoms with E-state index in [1.807, 2.05) is 25.1 Å². The van der Waals surface area contributed by atoms with E-state index in [-0.39, 0.29) is 5.37 Å². The SMILES string of the molecule is CCOc1cc([C@@H]2N[C@H](C(=O)O)CS2)ccc1OCC(C)C. The van der Waals surface area contributed by atoms with E-state index in [4.69, 9.17) is 14.6 Å². The lowest BCUT2D eigenvalue weighted by atomic mass is 10.2. The van der Waals surface area contributed by atoms with Gasteiger partial charge in [-0.15, -0.1) is 11.8 Å². The molecule has 2 atom stereocenters. The molecule has 0 bridgehead atoms. The molecule has 1 fully saturated rings. The van der Waals surface area contributed by atoms with Gasteiger partial charge in [-0.2, -0.15) is 0 Å². The zero-order chi connectivity index (χ0) is 16.1. The van der Waals surface area contributed by atoms with Gasteiger partial charge in [-0.05, 0) is 30.5 Å². The van der Waals surface area contributed by atoms with Crippen LogP contribution in [0.5, 0.6) is 11.5 Å². The van der Waals surface area contributed by atoms with E-state index < -0.39 is 12.0 Å². The van der Waals surface area contributed by atoms with E-state index in [1.54, 1.807) is 11.8 Å². The van der Waals surface area contributed by atoms with E-state index in [0.717, 1.165) is 11.3 Å². The van der Waals surface area contributed by atoms with E-state index in [0.29, 0.717) is 30.6 Å². The fraction of sp³-hybridized carbons (Fsp3) is 0.562. The largest absolute Gasteiger partial charge is 0.490 e. The first kappa shape index (κ1) is 17.0. The van der Waals surface area contributed by atoms with Crippen LogP contribution in [0, 0.1) is 5.92 Å². The Morgan fingerprint density at radius 3 is 2.77 bits per heavy atom. The van der Waals surface area contributed by atoms with Crippen molar-refractivity contribution in [2.75, 3.05) is 19.0 Å². The maximum atomic E-state index is 11.0. The predicted molar refractivity (Wildman–Crippen MR) is 87.7 cm³/mol. The topological polar surface area (TPSA) is 67.8 Å². The summed E-state index contributed by atoms with van der Waals surface area (Å²) in [6, 6.07) is 5.31. The maximum absolute atomic E-state index is 11.0. The van der Waals surface area contributed by atoms with Gasteiger partial charge in [0.1, 0.15) is 6.04 Å². The molecule has 0 aromatic heterocycles. The van der Waals surface area contributed by atoms with Crippen molar-refractivity contribution < 1.29 is 19.4 Å². The van der Waals surface area contributed by atoms with Gasteiger partial charge in [0.05, 0.1) is 18.6 Å². The molecule has 2 N–H and O–H groups in total. The second kappa shape index (κ2) is 7.74. The Hall–Kier alpha value is -1.40. The van der Waals surface area contributed by atoms with Crippen LogP contribution in [-0.2, 0) is 4.79 Å². The predicted octanol–water partition coefficient (Wildman–Crippen LogP) is 2.91. The summed E-state index contributed by atoms with van der Waals surface area (Å²) in [6.07, 6.45) is 0. The summed E-state index contributed by atoms with van der Waals surface area (Å²) < 4.78 is 11.4. The summed E-state index contributed by atoms with van der Waals surface area (Å²) in [7, 11) is 0. The molecule has 0 amide bonds. The van der Waals surface area contributed by atoms with Crippen LogP contribution in [0.15, 0.2) is 18.2 Å². The van der Waals surface area contributed by atoms with Crippen molar-refractivity contribution in [1.29, 1.82) is 0 Å². The Morgan fingerprint density at radius 1 is 1.41 bits per heavy atom. The summed E-state index contributed by atoms with van der Waals surface area (Å²) in [5, 5.41) is 12.1. The molecule has 1 aromatic rings. The first-order valence-corrected chi connectivity index (χ1v) is 8.56. The fourth-order valence-electron chi connectivity index (χ4n) is 2.14. The van der Waals surface area contributed by atoms with Gasteiger partial charge in [-0.3, -0.25) is 10.1 Å². The van der Waals surface area contributed by atoms with E-state index in [1.165, 1.54) is 0 Å². The second-order valence-corrected chi connectivity index (χ2v) is 6.75. The lowest BCUT2D eigenvalue weighted by Crippen LogP contribution is -2.33. The van der Waals surface area contributed by atoms with Crippen LogP contribution in [0.2, 0.25) is 0 Å². The summed E-state index contributed by atoms with van der Waals surface area (Å²) in [4.78, 5) is 11.0. The summed E-state index contributed by atoms with van der Waals surface area (Å²) >= 11 is 1.59. The highest BCUT2D eigenvalue weighted by molar-refractivity contribution is 7.99. The highest BCUT2D eigenvalue weighted by Gasteiger charge is 2.30. The first-order chi connectivity index (χ1) is 10.5. The number of aliphatic carboxylic acids is 1. The smallest absolute Gasteiger partial charge is 0.321 e. The molecule has 6 heteroatoms. The molecule has 1 aliphatic rings. The third-order valence-corrected chi connectivity index (χ3v) is 4.49. The Kier molecular flexibility index (Phi) is 5.97. The Bertz CT molecular complexity index is 521. The maximum Gasteiger partial charge on any atom is 0.321 e. The number of nitrogens with one attached hydrogen (secondary N) is 1.